The Labute approximate surface area is 317 Å². The zero-order valence-corrected chi connectivity index (χ0v) is 29.4. The van der Waals surface area contributed by atoms with Crippen LogP contribution in [0.4, 0.5) is 0 Å². The molecule has 0 aliphatic carbocycles. The Hall–Kier alpha value is -6.37. The quantitative estimate of drug-likeness (QED) is 0.0992. The number of nitro groups is 1. The van der Waals surface area contributed by atoms with Crippen LogP contribution in [0.2, 0.25) is 0 Å². The second-order valence-corrected chi connectivity index (χ2v) is 12.8. The molecule has 0 N–H and O–H groups in total. The van der Waals surface area contributed by atoms with Gasteiger partial charge in [0.05, 0.1) is 23.0 Å². The molecule has 0 fully saturated rings. The number of fused-ring (bicyclic) bond motifs is 8. The van der Waals surface area contributed by atoms with E-state index in [-0.39, 0.29) is 22.2 Å². The Bertz CT molecular complexity index is 2730. The van der Waals surface area contributed by atoms with Gasteiger partial charge in [0.15, 0.2) is 0 Å². The zero-order chi connectivity index (χ0) is 36.1. The van der Waals surface area contributed by atoms with Crippen molar-refractivity contribution in [2.24, 2.45) is 0 Å². The second kappa shape index (κ2) is 14.0. The van der Waals surface area contributed by atoms with E-state index in [1.165, 1.54) is 0 Å². The molecule has 8 bridgehead atoms. The maximum Gasteiger partial charge on any atom is 2.00 e. The summed E-state index contributed by atoms with van der Waals surface area (Å²) in [4.78, 5) is 33.6. The summed E-state index contributed by atoms with van der Waals surface area (Å²) >= 11 is 0. The SMILES string of the molecule is [2H]C1([N+](=O)[O-])c2nc(c(-c3ccccc3)c3ccc([n-]3)c(-c3ccccc3)c3nc(c(-c4ccccc4)c4ccc([n-]4)c2-c2ccccc2)C=C3)C1C.[Ni+2]. The molecule has 2 atom stereocenters. The summed E-state index contributed by atoms with van der Waals surface area (Å²) in [5, 5.41) is 13.3. The van der Waals surface area contributed by atoms with Crippen LogP contribution >= 0.6 is 0 Å². The number of nitrogens with zero attached hydrogens (tertiary/aromatic N) is 5. The maximum atomic E-state index is 13.3. The molecule has 0 saturated carbocycles. The van der Waals surface area contributed by atoms with Gasteiger partial charge in [0.1, 0.15) is 7.06 Å². The minimum Gasteiger partial charge on any atom is -0.657 e. The van der Waals surface area contributed by atoms with Gasteiger partial charge >= 0.3 is 16.5 Å². The van der Waals surface area contributed by atoms with Crippen molar-refractivity contribution in [1.29, 1.82) is 0 Å². The topological polar surface area (TPSA) is 97.1 Å². The Morgan fingerprint density at radius 2 is 0.868 bits per heavy atom. The Kier molecular flexibility index (Phi) is 8.58. The van der Waals surface area contributed by atoms with Crippen molar-refractivity contribution < 1.29 is 22.8 Å². The minimum atomic E-state index is -2.34. The van der Waals surface area contributed by atoms with Crippen molar-refractivity contribution in [2.75, 3.05) is 0 Å². The van der Waals surface area contributed by atoms with Gasteiger partial charge in [-0.2, -0.15) is 0 Å². The van der Waals surface area contributed by atoms with E-state index in [9.17, 15) is 11.5 Å². The Morgan fingerprint density at radius 3 is 1.25 bits per heavy atom. The molecule has 0 amide bonds. The molecular weight excluding hydrogens is 701 g/mol. The molecule has 53 heavy (non-hydrogen) atoms. The number of hydrogen-bond donors (Lipinski definition) is 0. The molecule has 2 aliphatic heterocycles. The van der Waals surface area contributed by atoms with Gasteiger partial charge in [0, 0.05) is 4.92 Å². The maximum absolute atomic E-state index is 13.3. The molecule has 5 heterocycles. The van der Waals surface area contributed by atoms with Crippen LogP contribution in [-0.4, -0.2) is 14.9 Å². The van der Waals surface area contributed by atoms with Gasteiger partial charge in [0.2, 0.25) is 0 Å². The molecule has 2 aliphatic rings. The molecule has 258 valence electrons. The van der Waals surface area contributed by atoms with Gasteiger partial charge in [-0.1, -0.05) is 146 Å². The number of hydrogen-bond acceptors (Lipinski definition) is 4. The number of rotatable bonds is 5. The first-order chi connectivity index (χ1) is 25.9. The average molecular weight is 733 g/mol. The predicted octanol–water partition coefficient (Wildman–Crippen LogP) is 10.5. The molecule has 8 heteroatoms. The second-order valence-electron chi connectivity index (χ2n) is 12.8. The predicted molar refractivity (Wildman–Crippen MR) is 208 cm³/mol. The molecule has 0 spiro atoms. The molecule has 4 aromatic carbocycles. The van der Waals surface area contributed by atoms with E-state index in [0.717, 1.165) is 39.2 Å². The van der Waals surface area contributed by atoms with Crippen molar-refractivity contribution in [3.63, 3.8) is 0 Å². The molecule has 0 radical (unpaired) electrons. The fourth-order valence-electron chi connectivity index (χ4n) is 7.34. The third kappa shape index (κ3) is 5.97. The summed E-state index contributed by atoms with van der Waals surface area (Å²) < 4.78 is 9.73. The Morgan fingerprint density at radius 1 is 0.528 bits per heavy atom. The summed E-state index contributed by atoms with van der Waals surface area (Å²) in [6, 6.07) is 44.4. The largest absolute Gasteiger partial charge is 2.00 e. The smallest absolute Gasteiger partial charge is 0.657 e. The van der Waals surface area contributed by atoms with Gasteiger partial charge in [-0.05, 0) is 63.6 Å². The third-order valence-electron chi connectivity index (χ3n) is 9.69. The Balaban J connectivity index is 0.00000413. The zero-order valence-electron chi connectivity index (χ0n) is 29.5. The molecule has 9 rings (SSSR count). The summed E-state index contributed by atoms with van der Waals surface area (Å²) in [5.41, 5.74) is 10.4. The van der Waals surface area contributed by atoms with E-state index in [0.29, 0.717) is 44.5 Å². The fourth-order valence-corrected chi connectivity index (χ4v) is 7.34. The summed E-state index contributed by atoms with van der Waals surface area (Å²) in [6.07, 6.45) is 4.03. The van der Waals surface area contributed by atoms with Crippen LogP contribution in [0.15, 0.2) is 146 Å². The first-order valence-electron chi connectivity index (χ1n) is 17.7. The summed E-state index contributed by atoms with van der Waals surface area (Å²) in [5.74, 6) is -0.949. The first kappa shape index (κ1) is 32.5. The molecule has 7 aromatic rings. The number of aromatic nitrogens is 4. The van der Waals surface area contributed by atoms with Crippen LogP contribution in [0.5, 0.6) is 0 Å². The third-order valence-corrected chi connectivity index (χ3v) is 9.69. The van der Waals surface area contributed by atoms with Gasteiger partial charge < -0.3 is 9.97 Å². The van der Waals surface area contributed by atoms with Crippen LogP contribution in [-0.2, 0) is 16.5 Å². The van der Waals surface area contributed by atoms with Gasteiger partial charge in [0.25, 0.3) is 6.02 Å². The van der Waals surface area contributed by atoms with E-state index in [1.807, 2.05) is 158 Å². The summed E-state index contributed by atoms with van der Waals surface area (Å²) in [6.45, 7) is 1.72. The van der Waals surface area contributed by atoms with Crippen molar-refractivity contribution in [2.45, 2.75) is 18.9 Å². The van der Waals surface area contributed by atoms with E-state index >= 15 is 0 Å². The van der Waals surface area contributed by atoms with Crippen LogP contribution < -0.4 is 9.97 Å². The standard InChI is InChI=1S/C45H31N5O2.Ni/c1-28-43-41(31-18-10-4-11-19-31)37-26-24-35(47-37)39(29-14-6-2-7-15-29)33-22-23-34(46-33)40(30-16-8-3-9-17-30)36-25-27-38(48-36)42(32-20-12-5-13-21-32)44(49-43)45(28)50(51)52;/h2-28,45H,1H3;/q-2;+2/i45D;. The van der Waals surface area contributed by atoms with E-state index < -0.39 is 16.9 Å². The molecule has 7 nitrogen and oxygen atoms in total. The van der Waals surface area contributed by atoms with Gasteiger partial charge in [-0.25, -0.2) is 9.97 Å². The van der Waals surface area contributed by atoms with E-state index in [4.69, 9.17) is 19.9 Å². The van der Waals surface area contributed by atoms with Crippen molar-refractivity contribution in [3.8, 4) is 44.5 Å². The van der Waals surface area contributed by atoms with E-state index in [1.54, 1.807) is 6.92 Å². The van der Waals surface area contributed by atoms with Crippen LogP contribution in [0.25, 0.3) is 78.7 Å². The van der Waals surface area contributed by atoms with Crippen molar-refractivity contribution in [3.05, 3.63) is 178 Å². The van der Waals surface area contributed by atoms with Gasteiger partial charge in [-0.3, -0.25) is 10.1 Å². The van der Waals surface area contributed by atoms with Crippen molar-refractivity contribution >= 4 is 34.2 Å². The molecule has 3 aromatic heterocycles. The van der Waals surface area contributed by atoms with Gasteiger partial charge in [-0.15, -0.1) is 22.1 Å². The summed E-state index contributed by atoms with van der Waals surface area (Å²) in [7, 11) is 0. The van der Waals surface area contributed by atoms with Crippen LogP contribution in [0.1, 0.15) is 43.0 Å². The molecular formula is C45H31N5NiO2. The molecule has 0 saturated heterocycles. The minimum absolute atomic E-state index is 0. The molecule has 2 unspecified atom stereocenters. The van der Waals surface area contributed by atoms with Crippen LogP contribution in [0.3, 0.4) is 0 Å². The first-order valence-corrected chi connectivity index (χ1v) is 17.2. The number of benzene rings is 4. The van der Waals surface area contributed by atoms with Crippen molar-refractivity contribution in [1.82, 2.24) is 19.9 Å². The normalized spacial score (nSPS) is 16.5. The van der Waals surface area contributed by atoms with E-state index in [2.05, 4.69) is 0 Å². The monoisotopic (exact) mass is 732 g/mol. The average Bonchev–Trinajstić information content (AvgIpc) is 4.02. The fraction of sp³-hybridized carbons (Fsp3) is 0.0667. The van der Waals surface area contributed by atoms with Crippen LogP contribution in [0, 0.1) is 10.1 Å².